The normalized spacial score (nSPS) is 10.4. The van der Waals surface area contributed by atoms with Crippen molar-refractivity contribution in [1.29, 1.82) is 0 Å². The van der Waals surface area contributed by atoms with E-state index in [1.54, 1.807) is 4.90 Å². The highest BCUT2D eigenvalue weighted by Gasteiger charge is 2.08. The Labute approximate surface area is 109 Å². The molecule has 1 rings (SSSR count). The summed E-state index contributed by atoms with van der Waals surface area (Å²) in [5, 5.41) is 8.69. The van der Waals surface area contributed by atoms with E-state index in [4.69, 9.17) is 5.11 Å². The Balaban J connectivity index is 2.44. The lowest BCUT2D eigenvalue weighted by Crippen LogP contribution is -2.28. The summed E-state index contributed by atoms with van der Waals surface area (Å²) in [6.45, 7) is 5.02. The maximum absolute atomic E-state index is 11.7. The SMILES string of the molecule is Cc1ccc(CCN(C)C(=O)CCCO)cc1C. The van der Waals surface area contributed by atoms with Gasteiger partial charge < -0.3 is 10.0 Å². The number of likely N-dealkylation sites (N-methyl/N-ethyl adjacent to an activating group) is 1. The van der Waals surface area contributed by atoms with E-state index in [0.29, 0.717) is 12.8 Å². The van der Waals surface area contributed by atoms with Gasteiger partial charge in [0.05, 0.1) is 0 Å². The number of nitrogens with zero attached hydrogens (tertiary/aromatic N) is 1. The van der Waals surface area contributed by atoms with Crippen LogP contribution in [0.5, 0.6) is 0 Å². The number of aryl methyl sites for hydroxylation is 2. The number of aliphatic hydroxyl groups excluding tert-OH is 1. The molecule has 1 N–H and O–H groups in total. The molecule has 0 heterocycles. The molecule has 1 aromatic rings. The third-order valence-corrected chi connectivity index (χ3v) is 3.28. The molecule has 0 aliphatic rings. The van der Waals surface area contributed by atoms with Crippen molar-refractivity contribution in [3.8, 4) is 0 Å². The molecule has 1 amide bonds. The van der Waals surface area contributed by atoms with E-state index in [1.165, 1.54) is 16.7 Å². The summed E-state index contributed by atoms with van der Waals surface area (Å²) in [5.74, 6) is 0.105. The first-order valence-corrected chi connectivity index (χ1v) is 6.45. The molecule has 1 aromatic carbocycles. The van der Waals surface area contributed by atoms with Crippen LogP contribution in [0.4, 0.5) is 0 Å². The number of carbonyl (C=O) groups excluding carboxylic acids is 1. The minimum absolute atomic E-state index is 0.0801. The van der Waals surface area contributed by atoms with Crippen LogP contribution >= 0.6 is 0 Å². The zero-order valence-electron chi connectivity index (χ0n) is 11.6. The first-order chi connectivity index (χ1) is 8.54. The summed E-state index contributed by atoms with van der Waals surface area (Å²) in [6, 6.07) is 6.42. The lowest BCUT2D eigenvalue weighted by molar-refractivity contribution is -0.130. The molecular weight excluding hydrogens is 226 g/mol. The Kier molecular flexibility index (Phi) is 5.86. The molecule has 3 heteroatoms. The van der Waals surface area contributed by atoms with Crippen molar-refractivity contribution >= 4 is 5.91 Å². The predicted molar refractivity (Wildman–Crippen MR) is 73.6 cm³/mol. The van der Waals surface area contributed by atoms with Crippen LogP contribution in [0.2, 0.25) is 0 Å². The van der Waals surface area contributed by atoms with E-state index < -0.39 is 0 Å². The molecule has 0 aliphatic carbocycles. The van der Waals surface area contributed by atoms with Crippen LogP contribution in [0.15, 0.2) is 18.2 Å². The maximum Gasteiger partial charge on any atom is 0.222 e. The van der Waals surface area contributed by atoms with E-state index in [2.05, 4.69) is 32.0 Å². The molecule has 0 aromatic heterocycles. The largest absolute Gasteiger partial charge is 0.396 e. The quantitative estimate of drug-likeness (QED) is 0.838. The Bertz CT molecular complexity index is 401. The monoisotopic (exact) mass is 249 g/mol. The van der Waals surface area contributed by atoms with Crippen LogP contribution in [-0.2, 0) is 11.2 Å². The molecule has 18 heavy (non-hydrogen) atoms. The average molecular weight is 249 g/mol. The third-order valence-electron chi connectivity index (χ3n) is 3.28. The molecular formula is C15H23NO2. The molecule has 0 spiro atoms. The van der Waals surface area contributed by atoms with Gasteiger partial charge in [-0.1, -0.05) is 18.2 Å². The molecule has 0 unspecified atom stereocenters. The highest BCUT2D eigenvalue weighted by Crippen LogP contribution is 2.10. The molecule has 0 aliphatic heterocycles. The van der Waals surface area contributed by atoms with Gasteiger partial charge in [0, 0.05) is 26.6 Å². The van der Waals surface area contributed by atoms with E-state index in [-0.39, 0.29) is 12.5 Å². The molecule has 0 saturated heterocycles. The van der Waals surface area contributed by atoms with Crippen molar-refractivity contribution in [2.75, 3.05) is 20.2 Å². The second-order valence-electron chi connectivity index (χ2n) is 4.81. The Hall–Kier alpha value is -1.35. The minimum atomic E-state index is 0.0801. The highest BCUT2D eigenvalue weighted by molar-refractivity contribution is 5.75. The van der Waals surface area contributed by atoms with Gasteiger partial charge in [0.1, 0.15) is 0 Å². The summed E-state index contributed by atoms with van der Waals surface area (Å²) >= 11 is 0. The van der Waals surface area contributed by atoms with Gasteiger partial charge in [-0.15, -0.1) is 0 Å². The van der Waals surface area contributed by atoms with Crippen molar-refractivity contribution < 1.29 is 9.90 Å². The van der Waals surface area contributed by atoms with Crippen LogP contribution in [-0.4, -0.2) is 36.1 Å². The molecule has 0 bridgehead atoms. The zero-order valence-corrected chi connectivity index (χ0v) is 11.6. The minimum Gasteiger partial charge on any atom is -0.396 e. The second-order valence-corrected chi connectivity index (χ2v) is 4.81. The van der Waals surface area contributed by atoms with Crippen molar-refractivity contribution in [2.24, 2.45) is 0 Å². The lowest BCUT2D eigenvalue weighted by Gasteiger charge is -2.17. The predicted octanol–water partition coefficient (Wildman–Crippen LogP) is 2.08. The van der Waals surface area contributed by atoms with Gasteiger partial charge in [0.2, 0.25) is 5.91 Å². The van der Waals surface area contributed by atoms with E-state index in [1.807, 2.05) is 7.05 Å². The van der Waals surface area contributed by atoms with Crippen LogP contribution in [0, 0.1) is 13.8 Å². The Morgan fingerprint density at radius 2 is 2.00 bits per heavy atom. The molecule has 3 nitrogen and oxygen atoms in total. The smallest absolute Gasteiger partial charge is 0.222 e. The summed E-state index contributed by atoms with van der Waals surface area (Å²) in [5.41, 5.74) is 3.85. The number of aliphatic hydroxyl groups is 1. The average Bonchev–Trinajstić information content (AvgIpc) is 2.36. The van der Waals surface area contributed by atoms with Crippen LogP contribution in [0.25, 0.3) is 0 Å². The maximum atomic E-state index is 11.7. The molecule has 0 fully saturated rings. The van der Waals surface area contributed by atoms with Gasteiger partial charge in [-0.05, 0) is 43.4 Å². The third kappa shape index (κ3) is 4.49. The van der Waals surface area contributed by atoms with Crippen molar-refractivity contribution in [2.45, 2.75) is 33.1 Å². The lowest BCUT2D eigenvalue weighted by atomic mass is 10.0. The molecule has 0 radical (unpaired) electrons. The van der Waals surface area contributed by atoms with Gasteiger partial charge in [0.25, 0.3) is 0 Å². The molecule has 0 saturated carbocycles. The van der Waals surface area contributed by atoms with Gasteiger partial charge in [0.15, 0.2) is 0 Å². The first-order valence-electron chi connectivity index (χ1n) is 6.45. The van der Waals surface area contributed by atoms with Crippen LogP contribution < -0.4 is 0 Å². The summed E-state index contributed by atoms with van der Waals surface area (Å²) in [4.78, 5) is 13.4. The summed E-state index contributed by atoms with van der Waals surface area (Å²) in [6.07, 6.45) is 1.86. The van der Waals surface area contributed by atoms with Gasteiger partial charge >= 0.3 is 0 Å². The standard InChI is InChI=1S/C15H23NO2/c1-12-6-7-14(11-13(12)2)8-9-16(3)15(18)5-4-10-17/h6-7,11,17H,4-5,8-10H2,1-3H3. The Morgan fingerprint density at radius 3 is 2.61 bits per heavy atom. The van der Waals surface area contributed by atoms with Crippen LogP contribution in [0.1, 0.15) is 29.5 Å². The van der Waals surface area contributed by atoms with Crippen molar-refractivity contribution in [3.63, 3.8) is 0 Å². The summed E-state index contributed by atoms with van der Waals surface area (Å²) in [7, 11) is 1.82. The first kappa shape index (κ1) is 14.7. The van der Waals surface area contributed by atoms with E-state index in [0.717, 1.165) is 13.0 Å². The zero-order chi connectivity index (χ0) is 13.5. The fourth-order valence-corrected chi connectivity index (χ4v) is 1.80. The number of rotatable bonds is 6. The fraction of sp³-hybridized carbons (Fsp3) is 0.533. The number of amides is 1. The van der Waals surface area contributed by atoms with Gasteiger partial charge in [-0.2, -0.15) is 0 Å². The van der Waals surface area contributed by atoms with E-state index in [9.17, 15) is 4.79 Å². The van der Waals surface area contributed by atoms with Gasteiger partial charge in [-0.3, -0.25) is 4.79 Å². The number of carbonyl (C=O) groups is 1. The van der Waals surface area contributed by atoms with Crippen molar-refractivity contribution in [3.05, 3.63) is 34.9 Å². The van der Waals surface area contributed by atoms with Gasteiger partial charge in [-0.25, -0.2) is 0 Å². The second kappa shape index (κ2) is 7.17. The number of hydrogen-bond donors (Lipinski definition) is 1. The van der Waals surface area contributed by atoms with E-state index >= 15 is 0 Å². The van der Waals surface area contributed by atoms with Crippen LogP contribution in [0.3, 0.4) is 0 Å². The molecule has 100 valence electrons. The fourth-order valence-electron chi connectivity index (χ4n) is 1.80. The topological polar surface area (TPSA) is 40.5 Å². The molecule has 0 atom stereocenters. The summed E-state index contributed by atoms with van der Waals surface area (Å²) < 4.78 is 0. The highest BCUT2D eigenvalue weighted by atomic mass is 16.3. The number of hydrogen-bond acceptors (Lipinski definition) is 2. The Morgan fingerprint density at radius 1 is 1.28 bits per heavy atom. The number of benzene rings is 1. The van der Waals surface area contributed by atoms with Crippen molar-refractivity contribution in [1.82, 2.24) is 4.90 Å².